The van der Waals surface area contributed by atoms with Crippen LogP contribution in [-0.4, -0.2) is 0 Å². The molecule has 0 aromatic heterocycles. The second-order valence-electron chi connectivity index (χ2n) is 0.352. The average molecular weight is 273 g/mol. The molecule has 0 heterocycles. The Balaban J connectivity index is -0.0000000400. The van der Waals surface area contributed by atoms with Crippen molar-refractivity contribution in [1.82, 2.24) is 0 Å². The molecule has 0 spiro atoms. The zero-order valence-corrected chi connectivity index (χ0v) is 6.99. The first-order valence-corrected chi connectivity index (χ1v) is 3.31. The molecule has 0 rings (SSSR count). The third-order valence-corrected chi connectivity index (χ3v) is 0. The number of rotatable bonds is 0. The molecule has 0 aromatic carbocycles. The zero-order valence-electron chi connectivity index (χ0n) is 4.27. The topological polar surface area (TPSA) is 34.1 Å². The van der Waals surface area contributed by atoms with Gasteiger partial charge in [0.25, 0.3) is 0 Å². The Labute approximate surface area is 52.0 Å². The normalized spacial score (nSPS) is 2.86. The fourth-order valence-corrected chi connectivity index (χ4v) is 0. The van der Waals surface area contributed by atoms with Gasteiger partial charge in [-0.25, -0.2) is 0 Å². The molecule has 0 saturated heterocycles. The van der Waals surface area contributed by atoms with Crippen LogP contribution in [0.25, 0.3) is 0 Å². The van der Waals surface area contributed by atoms with Crippen molar-refractivity contribution >= 4 is 0 Å². The van der Waals surface area contributed by atoms with Gasteiger partial charge in [0.15, 0.2) is 0 Å². The van der Waals surface area contributed by atoms with Crippen molar-refractivity contribution in [3.63, 3.8) is 0 Å². The molecule has 0 aromatic rings. The average Bonchev–Trinajstić information content (AvgIpc) is 1.39. The SMILES string of the molecule is C#CC.[CH3-].[O]=[Re]=[O]. The second kappa shape index (κ2) is 40.8. The zero-order chi connectivity index (χ0) is 5.41. The number of hydrogen-bond donors (Lipinski definition) is 0. The van der Waals surface area contributed by atoms with Crippen LogP contribution in [0.1, 0.15) is 6.92 Å². The fraction of sp³-hybridized carbons (Fsp3) is 0.250. The summed E-state index contributed by atoms with van der Waals surface area (Å²) in [6.07, 6.45) is 4.60. The van der Waals surface area contributed by atoms with Gasteiger partial charge in [-0.05, 0) is 6.92 Å². The van der Waals surface area contributed by atoms with Crippen LogP contribution in [0.15, 0.2) is 0 Å². The summed E-state index contributed by atoms with van der Waals surface area (Å²) >= 11 is -2.17. The van der Waals surface area contributed by atoms with Crippen molar-refractivity contribution < 1.29 is 24.8 Å². The van der Waals surface area contributed by atoms with E-state index in [1.807, 2.05) is 0 Å². The van der Waals surface area contributed by atoms with Gasteiger partial charge in [-0.15, -0.1) is 12.3 Å². The predicted octanol–water partition coefficient (Wildman–Crippen LogP) is 0.850. The predicted molar refractivity (Wildman–Crippen MR) is 22.3 cm³/mol. The molecule has 0 amide bonds. The molecule has 0 unspecified atom stereocenters. The van der Waals surface area contributed by atoms with Gasteiger partial charge in [0, 0.05) is 0 Å². The molecule has 0 saturated carbocycles. The summed E-state index contributed by atoms with van der Waals surface area (Å²) < 4.78 is 17.1. The van der Waals surface area contributed by atoms with E-state index in [1.54, 1.807) is 6.92 Å². The summed E-state index contributed by atoms with van der Waals surface area (Å²) in [7, 11) is 0. The molecule has 3 heteroatoms. The van der Waals surface area contributed by atoms with Crippen molar-refractivity contribution in [2.45, 2.75) is 6.92 Å². The second-order valence-corrected chi connectivity index (χ2v) is 0.804. The van der Waals surface area contributed by atoms with E-state index in [9.17, 15) is 0 Å². The standard InChI is InChI=1S/C3H4.CH3.2O.Re/c1-3-2;;;;/h1H,2H3;1H3;;;/q;-1;;;. The Morgan fingerprint density at radius 2 is 1.57 bits per heavy atom. The van der Waals surface area contributed by atoms with Gasteiger partial charge in [0.2, 0.25) is 0 Å². The van der Waals surface area contributed by atoms with Crippen LogP contribution < -0.4 is 0 Å². The Morgan fingerprint density at radius 3 is 1.57 bits per heavy atom. The van der Waals surface area contributed by atoms with Crippen LogP contribution in [0.4, 0.5) is 0 Å². The van der Waals surface area contributed by atoms with Crippen molar-refractivity contribution in [3.05, 3.63) is 7.43 Å². The summed E-state index contributed by atoms with van der Waals surface area (Å²) in [6, 6.07) is 0. The third-order valence-electron chi connectivity index (χ3n) is 0. The van der Waals surface area contributed by atoms with Gasteiger partial charge in [0.05, 0.1) is 0 Å². The van der Waals surface area contributed by atoms with E-state index in [0.29, 0.717) is 0 Å². The van der Waals surface area contributed by atoms with Gasteiger partial charge in [-0.1, -0.05) is 0 Å². The van der Waals surface area contributed by atoms with E-state index in [2.05, 4.69) is 12.3 Å². The Morgan fingerprint density at radius 1 is 1.57 bits per heavy atom. The Bertz CT molecular complexity index is 76.2. The minimum absolute atomic E-state index is 0. The molecular formula is C4H7O2Re-. The molecule has 0 aliphatic carbocycles. The van der Waals surface area contributed by atoms with E-state index in [1.165, 1.54) is 0 Å². The van der Waals surface area contributed by atoms with Crippen LogP contribution >= 0.6 is 0 Å². The molecule has 43 valence electrons. The molecule has 0 N–H and O–H groups in total. The molecular weight excluding hydrogens is 266 g/mol. The first-order chi connectivity index (χ1) is 2.83. The van der Waals surface area contributed by atoms with E-state index in [-0.39, 0.29) is 7.43 Å². The molecule has 0 aliphatic heterocycles. The maximum absolute atomic E-state index is 8.53. The molecule has 0 atom stereocenters. The minimum atomic E-state index is -2.17. The van der Waals surface area contributed by atoms with Gasteiger partial charge < -0.3 is 7.43 Å². The number of terminal acetylenes is 1. The van der Waals surface area contributed by atoms with E-state index < -0.39 is 17.9 Å². The quantitative estimate of drug-likeness (QED) is 0.484. The van der Waals surface area contributed by atoms with Crippen molar-refractivity contribution in [2.75, 3.05) is 0 Å². The van der Waals surface area contributed by atoms with Crippen LogP contribution in [0.3, 0.4) is 0 Å². The van der Waals surface area contributed by atoms with Crippen LogP contribution in [0.2, 0.25) is 0 Å². The molecule has 0 fully saturated rings. The van der Waals surface area contributed by atoms with Crippen LogP contribution in [-0.2, 0) is 24.8 Å². The summed E-state index contributed by atoms with van der Waals surface area (Å²) in [4.78, 5) is 0. The summed E-state index contributed by atoms with van der Waals surface area (Å²) in [5.41, 5.74) is 0. The molecule has 0 bridgehead atoms. The molecule has 2 nitrogen and oxygen atoms in total. The number of hydrogen-bond acceptors (Lipinski definition) is 2. The molecule has 7 heavy (non-hydrogen) atoms. The monoisotopic (exact) mass is 274 g/mol. The van der Waals surface area contributed by atoms with Crippen molar-refractivity contribution in [3.8, 4) is 12.3 Å². The summed E-state index contributed by atoms with van der Waals surface area (Å²) in [5.74, 6) is 2.25. The fourth-order valence-electron chi connectivity index (χ4n) is 0. The summed E-state index contributed by atoms with van der Waals surface area (Å²) in [6.45, 7) is 1.65. The van der Waals surface area contributed by atoms with Crippen molar-refractivity contribution in [2.24, 2.45) is 0 Å². The van der Waals surface area contributed by atoms with Gasteiger partial charge in [0.1, 0.15) is 0 Å². The van der Waals surface area contributed by atoms with E-state index in [0.717, 1.165) is 0 Å². The van der Waals surface area contributed by atoms with Crippen LogP contribution in [0, 0.1) is 19.8 Å². The Kier molecular flexibility index (Phi) is 92.2. The van der Waals surface area contributed by atoms with Gasteiger partial charge >= 0.3 is 24.8 Å². The van der Waals surface area contributed by atoms with Crippen molar-refractivity contribution in [1.29, 1.82) is 0 Å². The Hall–Kier alpha value is -0.178. The third kappa shape index (κ3) is 2700. The van der Waals surface area contributed by atoms with Crippen LogP contribution in [0.5, 0.6) is 0 Å². The molecule has 0 radical (unpaired) electrons. The summed E-state index contributed by atoms with van der Waals surface area (Å²) in [5, 5.41) is 0. The van der Waals surface area contributed by atoms with E-state index in [4.69, 9.17) is 6.94 Å². The van der Waals surface area contributed by atoms with Gasteiger partial charge in [-0.2, -0.15) is 0 Å². The first kappa shape index (κ1) is 15.8. The van der Waals surface area contributed by atoms with Gasteiger partial charge in [-0.3, -0.25) is 0 Å². The van der Waals surface area contributed by atoms with E-state index >= 15 is 0 Å². The first-order valence-electron chi connectivity index (χ1n) is 1.10. The maximum atomic E-state index is 8.53. The molecule has 0 aliphatic rings.